The van der Waals surface area contributed by atoms with E-state index < -0.39 is 6.36 Å². The molecule has 0 spiro atoms. The highest BCUT2D eigenvalue weighted by Crippen LogP contribution is 2.43. The van der Waals surface area contributed by atoms with Crippen LogP contribution < -0.4 is 4.74 Å². The predicted octanol–water partition coefficient (Wildman–Crippen LogP) is 8.79. The Labute approximate surface area is 180 Å². The lowest BCUT2D eigenvalue weighted by molar-refractivity contribution is -0.274. The molecule has 0 aliphatic heterocycles. The largest absolute Gasteiger partial charge is 0.573 e. The number of benzene rings is 1. The van der Waals surface area contributed by atoms with Crippen molar-refractivity contribution < 1.29 is 17.9 Å². The Morgan fingerprint density at radius 2 is 1.37 bits per heavy atom. The lowest BCUT2D eigenvalue weighted by atomic mass is 9.68. The van der Waals surface area contributed by atoms with E-state index in [1.165, 1.54) is 82.8 Å². The van der Waals surface area contributed by atoms with Gasteiger partial charge in [0.15, 0.2) is 0 Å². The number of rotatable bonds is 8. The van der Waals surface area contributed by atoms with Crippen molar-refractivity contribution in [3.63, 3.8) is 0 Å². The number of hydrogen-bond acceptors (Lipinski definition) is 1. The van der Waals surface area contributed by atoms with Crippen LogP contribution in [0.5, 0.6) is 5.75 Å². The van der Waals surface area contributed by atoms with Crippen LogP contribution in [0.15, 0.2) is 30.3 Å². The molecular formula is C26H37F3O. The van der Waals surface area contributed by atoms with Crippen molar-refractivity contribution in [1.29, 1.82) is 0 Å². The first-order valence-corrected chi connectivity index (χ1v) is 11.9. The first kappa shape index (κ1) is 23.2. The van der Waals surface area contributed by atoms with Gasteiger partial charge in [0.2, 0.25) is 0 Å². The molecule has 4 heteroatoms. The molecule has 1 aromatic rings. The first-order chi connectivity index (χ1) is 14.4. The smallest absolute Gasteiger partial charge is 0.406 e. The average Bonchev–Trinajstić information content (AvgIpc) is 2.73. The highest BCUT2D eigenvalue weighted by Gasteiger charge is 2.31. The van der Waals surface area contributed by atoms with Crippen molar-refractivity contribution in [2.45, 2.75) is 90.3 Å². The Morgan fingerprint density at radius 1 is 0.833 bits per heavy atom. The minimum absolute atomic E-state index is 0.171. The third-order valence-corrected chi connectivity index (χ3v) is 7.31. The van der Waals surface area contributed by atoms with Crippen LogP contribution >= 0.6 is 0 Å². The molecule has 0 N–H and O–H groups in total. The van der Waals surface area contributed by atoms with Gasteiger partial charge in [0, 0.05) is 0 Å². The molecule has 3 rings (SSSR count). The zero-order valence-corrected chi connectivity index (χ0v) is 18.3. The van der Waals surface area contributed by atoms with E-state index in [-0.39, 0.29) is 5.75 Å². The van der Waals surface area contributed by atoms with Crippen LogP contribution in [0.3, 0.4) is 0 Å². The summed E-state index contributed by atoms with van der Waals surface area (Å²) < 4.78 is 40.5. The molecule has 0 aromatic heterocycles. The molecule has 1 nitrogen and oxygen atoms in total. The van der Waals surface area contributed by atoms with Crippen molar-refractivity contribution in [3.05, 3.63) is 35.9 Å². The maximum atomic E-state index is 12.2. The fourth-order valence-corrected chi connectivity index (χ4v) is 5.64. The highest BCUT2D eigenvalue weighted by molar-refractivity contribution is 5.50. The van der Waals surface area contributed by atoms with Crippen molar-refractivity contribution in [2.75, 3.05) is 0 Å². The molecule has 1 aromatic carbocycles. The summed E-state index contributed by atoms with van der Waals surface area (Å²) in [5, 5.41) is 0. The molecule has 2 saturated carbocycles. The van der Waals surface area contributed by atoms with Gasteiger partial charge in [0.1, 0.15) is 5.75 Å². The van der Waals surface area contributed by atoms with Crippen molar-refractivity contribution in [2.24, 2.45) is 23.7 Å². The van der Waals surface area contributed by atoms with Gasteiger partial charge in [-0.2, -0.15) is 0 Å². The van der Waals surface area contributed by atoms with Gasteiger partial charge in [-0.25, -0.2) is 0 Å². The SMILES string of the molecule is CCCC1CCC(C2CCC(CC/C=C\c3ccc(OC(F)(F)F)cc3)CC2)CC1. The molecule has 0 bridgehead atoms. The van der Waals surface area contributed by atoms with Gasteiger partial charge in [0.25, 0.3) is 0 Å². The Morgan fingerprint density at radius 3 is 1.87 bits per heavy atom. The van der Waals surface area contributed by atoms with E-state index >= 15 is 0 Å². The quantitative estimate of drug-likeness (QED) is 0.407. The molecular weight excluding hydrogens is 385 g/mol. The standard InChI is InChI=1S/C26H37F3O/c1-2-5-20-8-14-23(15-9-20)24-16-10-21(11-17-24)6-3-4-7-22-12-18-25(19-13-22)30-26(27,28)29/h4,7,12-13,18-21,23-24H,2-3,5-6,8-11,14-17H2,1H3/b7-4-. The summed E-state index contributed by atoms with van der Waals surface area (Å²) in [5.74, 6) is 3.63. The zero-order valence-electron chi connectivity index (χ0n) is 18.3. The Hall–Kier alpha value is -1.45. The van der Waals surface area contributed by atoms with E-state index in [0.29, 0.717) is 0 Å². The van der Waals surface area contributed by atoms with Gasteiger partial charge in [-0.15, -0.1) is 13.2 Å². The monoisotopic (exact) mass is 422 g/mol. The lowest BCUT2D eigenvalue weighted by Gasteiger charge is -2.38. The third-order valence-electron chi connectivity index (χ3n) is 7.31. The second kappa shape index (κ2) is 11.2. The normalized spacial score (nSPS) is 28.0. The molecule has 0 saturated heterocycles. The van der Waals surface area contributed by atoms with Gasteiger partial charge in [-0.05, 0) is 79.9 Å². The lowest BCUT2D eigenvalue weighted by Crippen LogP contribution is -2.25. The second-order valence-electron chi connectivity index (χ2n) is 9.45. The van der Waals surface area contributed by atoms with E-state index in [1.54, 1.807) is 12.1 Å². The Bertz CT molecular complexity index is 633. The summed E-state index contributed by atoms with van der Waals surface area (Å²) in [6, 6.07) is 6.06. The molecule has 0 atom stereocenters. The summed E-state index contributed by atoms with van der Waals surface area (Å²) in [4.78, 5) is 0. The van der Waals surface area contributed by atoms with Crippen LogP contribution in [0.1, 0.15) is 89.5 Å². The minimum Gasteiger partial charge on any atom is -0.406 e. The highest BCUT2D eigenvalue weighted by atomic mass is 19.4. The number of ether oxygens (including phenoxy) is 1. The zero-order chi connectivity index (χ0) is 21.4. The molecule has 0 unspecified atom stereocenters. The maximum absolute atomic E-state index is 12.2. The van der Waals surface area contributed by atoms with Gasteiger partial charge >= 0.3 is 6.36 Å². The van der Waals surface area contributed by atoms with Gasteiger partial charge in [0.05, 0.1) is 0 Å². The fraction of sp³-hybridized carbons (Fsp3) is 0.692. The number of hydrogen-bond donors (Lipinski definition) is 0. The van der Waals surface area contributed by atoms with Crippen molar-refractivity contribution >= 4 is 6.08 Å². The molecule has 2 aliphatic carbocycles. The predicted molar refractivity (Wildman–Crippen MR) is 117 cm³/mol. The molecule has 0 amide bonds. The average molecular weight is 423 g/mol. The summed E-state index contributed by atoms with van der Waals surface area (Å²) in [7, 11) is 0. The second-order valence-corrected chi connectivity index (χ2v) is 9.45. The van der Waals surface area contributed by atoms with E-state index in [1.807, 2.05) is 6.08 Å². The maximum Gasteiger partial charge on any atom is 0.573 e. The Balaban J connectivity index is 1.32. The number of halogens is 3. The van der Waals surface area contributed by atoms with Crippen LogP contribution in [0.25, 0.3) is 6.08 Å². The molecule has 2 fully saturated rings. The van der Waals surface area contributed by atoms with Crippen molar-refractivity contribution in [1.82, 2.24) is 0 Å². The van der Waals surface area contributed by atoms with E-state index in [2.05, 4.69) is 17.7 Å². The molecule has 168 valence electrons. The van der Waals surface area contributed by atoms with Gasteiger partial charge < -0.3 is 4.74 Å². The summed E-state index contributed by atoms with van der Waals surface area (Å²) in [5.41, 5.74) is 0.909. The fourth-order valence-electron chi connectivity index (χ4n) is 5.64. The van der Waals surface area contributed by atoms with Crippen LogP contribution in [-0.4, -0.2) is 6.36 Å². The van der Waals surface area contributed by atoms with E-state index in [0.717, 1.165) is 35.7 Å². The van der Waals surface area contributed by atoms with Crippen LogP contribution in [0, 0.1) is 23.7 Å². The molecule has 0 heterocycles. The molecule has 0 radical (unpaired) electrons. The van der Waals surface area contributed by atoms with Gasteiger partial charge in [-0.3, -0.25) is 0 Å². The van der Waals surface area contributed by atoms with Crippen LogP contribution in [-0.2, 0) is 0 Å². The number of allylic oxidation sites excluding steroid dienone is 1. The first-order valence-electron chi connectivity index (χ1n) is 11.9. The third kappa shape index (κ3) is 7.67. The molecule has 30 heavy (non-hydrogen) atoms. The van der Waals surface area contributed by atoms with Crippen molar-refractivity contribution in [3.8, 4) is 5.75 Å². The topological polar surface area (TPSA) is 9.23 Å². The summed E-state index contributed by atoms with van der Waals surface area (Å²) in [6.45, 7) is 2.31. The van der Waals surface area contributed by atoms with Crippen LogP contribution in [0.4, 0.5) is 13.2 Å². The van der Waals surface area contributed by atoms with E-state index in [4.69, 9.17) is 0 Å². The summed E-state index contributed by atoms with van der Waals surface area (Å²) >= 11 is 0. The van der Waals surface area contributed by atoms with Crippen LogP contribution in [0.2, 0.25) is 0 Å². The Kier molecular flexibility index (Phi) is 8.71. The summed E-state index contributed by atoms with van der Waals surface area (Å²) in [6.07, 6.45) is 16.0. The minimum atomic E-state index is -4.63. The van der Waals surface area contributed by atoms with E-state index in [9.17, 15) is 13.2 Å². The molecule has 2 aliphatic rings. The number of alkyl halides is 3. The van der Waals surface area contributed by atoms with Gasteiger partial charge in [-0.1, -0.05) is 69.7 Å².